The molecule has 0 bridgehead atoms. The fraction of sp³-hybridized carbons (Fsp3) is 0.909. The minimum absolute atomic E-state index is 0. The van der Waals surface area contributed by atoms with Gasteiger partial charge in [0.05, 0.1) is 6.10 Å². The minimum Gasteiger partial charge on any atom is -0.461 e. The molecule has 1 unspecified atom stereocenters. The first-order chi connectivity index (χ1) is 13.0. The second kappa shape index (κ2) is 20.9. The van der Waals surface area contributed by atoms with Crippen molar-refractivity contribution >= 4 is 24.3 Å². The van der Waals surface area contributed by atoms with E-state index in [9.17, 15) is 9.59 Å². The molecule has 0 heterocycles. The zero-order valence-corrected chi connectivity index (χ0v) is 19.3. The molecule has 3 N–H and O–H groups in total. The number of ether oxygens (including phenoxy) is 1. The highest BCUT2D eigenvalue weighted by molar-refractivity contribution is 5.85. The monoisotopic (exact) mass is 420 g/mol. The molecule has 0 aliphatic rings. The molecular weight excluding hydrogens is 376 g/mol. The quantitative estimate of drug-likeness (QED) is 0.233. The van der Waals surface area contributed by atoms with E-state index in [0.29, 0.717) is 19.4 Å². The molecule has 5 nitrogen and oxygen atoms in total. The van der Waals surface area contributed by atoms with Crippen LogP contribution in [0, 0.1) is 0 Å². The molecule has 0 fully saturated rings. The fourth-order valence-corrected chi connectivity index (χ4v) is 2.97. The van der Waals surface area contributed by atoms with E-state index >= 15 is 0 Å². The average Bonchev–Trinajstić information content (AvgIpc) is 2.65. The van der Waals surface area contributed by atoms with E-state index in [2.05, 4.69) is 12.2 Å². The predicted molar refractivity (Wildman–Crippen MR) is 120 cm³/mol. The number of nitrogens with one attached hydrogen (secondary N) is 1. The van der Waals surface area contributed by atoms with Crippen LogP contribution < -0.4 is 11.1 Å². The van der Waals surface area contributed by atoms with E-state index in [1.807, 2.05) is 13.8 Å². The van der Waals surface area contributed by atoms with Crippen LogP contribution in [-0.2, 0) is 14.3 Å². The third-order valence-electron chi connectivity index (χ3n) is 4.97. The maximum Gasteiger partial charge on any atom is 0.328 e. The van der Waals surface area contributed by atoms with Crippen molar-refractivity contribution in [3.05, 3.63) is 0 Å². The van der Waals surface area contributed by atoms with Crippen LogP contribution in [0.4, 0.5) is 0 Å². The van der Waals surface area contributed by atoms with Gasteiger partial charge in [-0.15, -0.1) is 12.4 Å². The van der Waals surface area contributed by atoms with E-state index in [0.717, 1.165) is 32.1 Å². The zero-order chi connectivity index (χ0) is 20.3. The summed E-state index contributed by atoms with van der Waals surface area (Å²) in [5.41, 5.74) is 5.53. The molecule has 0 aromatic carbocycles. The van der Waals surface area contributed by atoms with Crippen LogP contribution in [0.3, 0.4) is 0 Å². The lowest BCUT2D eigenvalue weighted by Crippen LogP contribution is -2.42. The maximum atomic E-state index is 12.3. The van der Waals surface area contributed by atoms with Crippen LogP contribution in [0.1, 0.15) is 111 Å². The van der Waals surface area contributed by atoms with E-state index in [-0.39, 0.29) is 30.4 Å². The van der Waals surface area contributed by atoms with Gasteiger partial charge in [0.1, 0.15) is 6.04 Å². The maximum absolute atomic E-state index is 12.3. The molecule has 0 rings (SSSR count). The lowest BCUT2D eigenvalue weighted by Gasteiger charge is -2.20. The summed E-state index contributed by atoms with van der Waals surface area (Å²) in [4.78, 5) is 24.5. The Morgan fingerprint density at radius 2 is 1.46 bits per heavy atom. The van der Waals surface area contributed by atoms with Crippen LogP contribution in [0.25, 0.3) is 0 Å². The molecule has 0 aliphatic heterocycles. The standard InChI is InChI=1S/C22H44N2O3.ClH/c1-4-6-7-8-9-10-11-12-13-17-21(25)24-20(16-14-15-18-23)22(26)27-19(3)5-2;/h19-20H,4-18,23H2,1-3H3,(H,24,25);1H/t19?,20-;/m0./s1. The number of nitrogens with two attached hydrogens (primary N) is 1. The Kier molecular flexibility index (Phi) is 22.0. The van der Waals surface area contributed by atoms with Gasteiger partial charge in [-0.25, -0.2) is 4.79 Å². The van der Waals surface area contributed by atoms with Gasteiger partial charge in [-0.3, -0.25) is 4.79 Å². The average molecular weight is 421 g/mol. The van der Waals surface area contributed by atoms with E-state index in [4.69, 9.17) is 10.5 Å². The number of hydrogen-bond acceptors (Lipinski definition) is 4. The van der Waals surface area contributed by atoms with Gasteiger partial charge in [-0.1, -0.05) is 65.2 Å². The normalized spacial score (nSPS) is 12.7. The predicted octanol–water partition coefficient (Wildman–Crippen LogP) is 5.28. The summed E-state index contributed by atoms with van der Waals surface area (Å²) >= 11 is 0. The molecule has 2 atom stereocenters. The molecule has 0 radical (unpaired) electrons. The van der Waals surface area contributed by atoms with Gasteiger partial charge in [0.25, 0.3) is 0 Å². The summed E-state index contributed by atoms with van der Waals surface area (Å²) in [6, 6.07) is -0.545. The smallest absolute Gasteiger partial charge is 0.328 e. The summed E-state index contributed by atoms with van der Waals surface area (Å²) in [6.45, 7) is 6.68. The summed E-state index contributed by atoms with van der Waals surface area (Å²) in [7, 11) is 0. The molecule has 0 saturated heterocycles. The fourth-order valence-electron chi connectivity index (χ4n) is 2.97. The van der Waals surface area contributed by atoms with Crippen molar-refractivity contribution in [3.63, 3.8) is 0 Å². The molecule has 6 heteroatoms. The van der Waals surface area contributed by atoms with Gasteiger partial charge in [0, 0.05) is 6.42 Å². The summed E-state index contributed by atoms with van der Waals surface area (Å²) < 4.78 is 5.41. The van der Waals surface area contributed by atoms with Crippen LogP contribution >= 0.6 is 12.4 Å². The Labute approximate surface area is 179 Å². The highest BCUT2D eigenvalue weighted by Gasteiger charge is 2.23. The van der Waals surface area contributed by atoms with Gasteiger partial charge < -0.3 is 15.8 Å². The van der Waals surface area contributed by atoms with Crippen LogP contribution in [0.15, 0.2) is 0 Å². The first-order valence-corrected chi connectivity index (χ1v) is 11.2. The summed E-state index contributed by atoms with van der Waals surface area (Å²) in [6.07, 6.45) is 14.4. The van der Waals surface area contributed by atoms with Gasteiger partial charge in [-0.05, 0) is 45.6 Å². The van der Waals surface area contributed by atoms with Gasteiger partial charge in [0.15, 0.2) is 0 Å². The zero-order valence-electron chi connectivity index (χ0n) is 18.5. The Morgan fingerprint density at radius 1 is 0.893 bits per heavy atom. The highest BCUT2D eigenvalue weighted by Crippen LogP contribution is 2.11. The van der Waals surface area contributed by atoms with Gasteiger partial charge >= 0.3 is 5.97 Å². The van der Waals surface area contributed by atoms with Gasteiger partial charge in [0.2, 0.25) is 5.91 Å². The van der Waals surface area contributed by atoms with Crippen molar-refractivity contribution in [1.82, 2.24) is 5.32 Å². The van der Waals surface area contributed by atoms with Crippen LogP contribution in [-0.4, -0.2) is 30.6 Å². The van der Waals surface area contributed by atoms with Gasteiger partial charge in [-0.2, -0.15) is 0 Å². The number of unbranched alkanes of at least 4 members (excludes halogenated alkanes) is 9. The van der Waals surface area contributed by atoms with Crippen LogP contribution in [0.2, 0.25) is 0 Å². The number of esters is 1. The molecule has 0 aromatic rings. The molecule has 1 amide bonds. The second-order valence-electron chi connectivity index (χ2n) is 7.64. The molecule has 0 spiro atoms. The summed E-state index contributed by atoms with van der Waals surface area (Å²) in [5.74, 6) is -0.362. The van der Waals surface area contributed by atoms with Crippen molar-refractivity contribution in [2.24, 2.45) is 5.73 Å². The highest BCUT2D eigenvalue weighted by atomic mass is 35.5. The SMILES string of the molecule is CCCCCCCCCCCC(=O)N[C@@H](CCCCN)C(=O)OC(C)CC.Cl. The Hall–Kier alpha value is -0.810. The largest absolute Gasteiger partial charge is 0.461 e. The number of amides is 1. The Morgan fingerprint density at radius 3 is 2.00 bits per heavy atom. The molecule has 28 heavy (non-hydrogen) atoms. The van der Waals surface area contributed by atoms with E-state index in [1.165, 1.54) is 44.9 Å². The molecule has 168 valence electrons. The number of hydrogen-bond donors (Lipinski definition) is 2. The lowest BCUT2D eigenvalue weighted by molar-refractivity contribution is -0.152. The summed E-state index contributed by atoms with van der Waals surface area (Å²) in [5, 5.41) is 2.88. The Bertz CT molecular complexity index is 381. The Balaban J connectivity index is 0. The van der Waals surface area contributed by atoms with Crippen molar-refractivity contribution in [1.29, 1.82) is 0 Å². The molecule has 0 aliphatic carbocycles. The number of rotatable bonds is 18. The number of carbonyl (C=O) groups excluding carboxylic acids is 2. The first kappa shape index (κ1) is 29.4. The van der Waals surface area contributed by atoms with Crippen LogP contribution in [0.5, 0.6) is 0 Å². The third kappa shape index (κ3) is 17.3. The molecule has 0 aromatic heterocycles. The lowest BCUT2D eigenvalue weighted by atomic mass is 10.1. The third-order valence-corrected chi connectivity index (χ3v) is 4.97. The number of carbonyl (C=O) groups is 2. The van der Waals surface area contributed by atoms with E-state index in [1.54, 1.807) is 0 Å². The van der Waals surface area contributed by atoms with Crippen molar-refractivity contribution in [2.75, 3.05) is 6.54 Å². The van der Waals surface area contributed by atoms with Crippen molar-refractivity contribution in [3.8, 4) is 0 Å². The molecular formula is C22H45ClN2O3. The first-order valence-electron chi connectivity index (χ1n) is 11.2. The van der Waals surface area contributed by atoms with Crippen molar-refractivity contribution < 1.29 is 14.3 Å². The minimum atomic E-state index is -0.545. The van der Waals surface area contributed by atoms with Crippen molar-refractivity contribution in [2.45, 2.75) is 123 Å². The topological polar surface area (TPSA) is 81.4 Å². The second-order valence-corrected chi connectivity index (χ2v) is 7.64. The molecule has 0 saturated carbocycles. The number of halogens is 1. The van der Waals surface area contributed by atoms with E-state index < -0.39 is 6.04 Å².